The Bertz CT molecular complexity index is 496. The van der Waals surface area contributed by atoms with Crippen LogP contribution in [-0.4, -0.2) is 11.0 Å². The topological polar surface area (TPSA) is 79.0 Å². The minimum absolute atomic E-state index is 0.0625. The molecule has 0 aliphatic heterocycles. The number of nitro benzene ring substituents is 1. The van der Waals surface area contributed by atoms with Crippen molar-refractivity contribution in [3.63, 3.8) is 0 Å². The first kappa shape index (κ1) is 13.5. The lowest BCUT2D eigenvalue weighted by Crippen LogP contribution is -2.37. The van der Waals surface area contributed by atoms with Gasteiger partial charge in [0.05, 0.1) is 16.9 Å². The Balaban J connectivity index is 1.96. The van der Waals surface area contributed by atoms with E-state index in [1.54, 1.807) is 12.1 Å². The van der Waals surface area contributed by atoms with Crippen molar-refractivity contribution in [1.82, 2.24) is 5.32 Å². The second-order valence-corrected chi connectivity index (χ2v) is 4.93. The Morgan fingerprint density at radius 3 is 2.95 bits per heavy atom. The molecule has 0 radical (unpaired) electrons. The predicted octanol–water partition coefficient (Wildman–Crippen LogP) is 2.77. The van der Waals surface area contributed by atoms with E-state index in [-0.39, 0.29) is 22.6 Å². The van der Waals surface area contributed by atoms with Gasteiger partial charge in [0.2, 0.25) is 0 Å². The molecule has 0 spiro atoms. The molecule has 19 heavy (non-hydrogen) atoms. The van der Waals surface area contributed by atoms with Crippen LogP contribution < -0.4 is 5.32 Å². The zero-order chi connectivity index (χ0) is 13.7. The second-order valence-electron chi connectivity index (χ2n) is 4.93. The van der Waals surface area contributed by atoms with E-state index in [9.17, 15) is 10.1 Å². The third-order valence-electron chi connectivity index (χ3n) is 3.62. The summed E-state index contributed by atoms with van der Waals surface area (Å²) in [5, 5.41) is 23.2. The minimum Gasteiger partial charge on any atom is -0.309 e. The Kier molecular flexibility index (Phi) is 4.48. The first-order valence-electron chi connectivity index (χ1n) is 6.57. The predicted molar refractivity (Wildman–Crippen MR) is 71.3 cm³/mol. The van der Waals surface area contributed by atoms with Gasteiger partial charge in [0.1, 0.15) is 0 Å². The number of rotatable bonds is 4. The number of benzene rings is 1. The van der Waals surface area contributed by atoms with Crippen LogP contribution in [-0.2, 0) is 6.54 Å². The average Bonchev–Trinajstić information content (AvgIpc) is 2.45. The van der Waals surface area contributed by atoms with E-state index < -0.39 is 0 Å². The summed E-state index contributed by atoms with van der Waals surface area (Å²) in [4.78, 5) is 10.3. The summed E-state index contributed by atoms with van der Waals surface area (Å²) in [6.45, 7) is 0.574. The maximum absolute atomic E-state index is 10.7. The van der Waals surface area contributed by atoms with Gasteiger partial charge in [-0.25, -0.2) is 0 Å². The fourth-order valence-corrected chi connectivity index (χ4v) is 2.56. The van der Waals surface area contributed by atoms with Gasteiger partial charge in [-0.3, -0.25) is 10.1 Å². The van der Waals surface area contributed by atoms with Crippen molar-refractivity contribution < 1.29 is 4.92 Å². The highest BCUT2D eigenvalue weighted by Crippen LogP contribution is 2.24. The Morgan fingerprint density at radius 2 is 2.21 bits per heavy atom. The van der Waals surface area contributed by atoms with Gasteiger partial charge < -0.3 is 5.32 Å². The standard InChI is InChI=1S/C14H17N3O2/c15-9-12-5-1-2-7-14(12)16-10-11-4-3-6-13(8-11)17(18)19/h3-4,6,8,12,14,16H,1-2,5,7,10H2. The number of nitriles is 1. The van der Waals surface area contributed by atoms with E-state index in [0.717, 1.165) is 31.2 Å². The molecule has 100 valence electrons. The van der Waals surface area contributed by atoms with Gasteiger partial charge in [0.15, 0.2) is 0 Å². The molecular weight excluding hydrogens is 242 g/mol. The van der Waals surface area contributed by atoms with E-state index >= 15 is 0 Å². The van der Waals surface area contributed by atoms with E-state index in [2.05, 4.69) is 11.4 Å². The van der Waals surface area contributed by atoms with Crippen molar-refractivity contribution in [2.45, 2.75) is 38.3 Å². The summed E-state index contributed by atoms with van der Waals surface area (Å²) in [6.07, 6.45) is 4.22. The van der Waals surface area contributed by atoms with Gasteiger partial charge >= 0.3 is 0 Å². The number of nitro groups is 1. The molecule has 1 N–H and O–H groups in total. The molecule has 5 heteroatoms. The monoisotopic (exact) mass is 259 g/mol. The average molecular weight is 259 g/mol. The molecule has 0 heterocycles. The van der Waals surface area contributed by atoms with Crippen LogP contribution in [0, 0.1) is 27.4 Å². The lowest BCUT2D eigenvalue weighted by Gasteiger charge is -2.27. The molecule has 0 bridgehead atoms. The summed E-state index contributed by atoms with van der Waals surface area (Å²) in [5.74, 6) is 0.0625. The Morgan fingerprint density at radius 1 is 1.42 bits per heavy atom. The van der Waals surface area contributed by atoms with Gasteiger partial charge in [-0.1, -0.05) is 25.0 Å². The molecule has 0 amide bonds. The molecule has 2 atom stereocenters. The Hall–Kier alpha value is -1.93. The first-order chi connectivity index (χ1) is 9.20. The van der Waals surface area contributed by atoms with Gasteiger partial charge in [0, 0.05) is 24.7 Å². The van der Waals surface area contributed by atoms with Crippen molar-refractivity contribution in [1.29, 1.82) is 5.26 Å². The molecule has 1 saturated carbocycles. The van der Waals surface area contributed by atoms with Crippen LogP contribution >= 0.6 is 0 Å². The van der Waals surface area contributed by atoms with Crippen molar-refractivity contribution in [3.05, 3.63) is 39.9 Å². The molecular formula is C14H17N3O2. The zero-order valence-corrected chi connectivity index (χ0v) is 10.7. The maximum atomic E-state index is 10.7. The SMILES string of the molecule is N#CC1CCCCC1NCc1cccc([N+](=O)[O-])c1. The summed E-state index contributed by atoms with van der Waals surface area (Å²) in [6, 6.07) is 9.18. The van der Waals surface area contributed by atoms with E-state index in [4.69, 9.17) is 5.26 Å². The summed E-state index contributed by atoms with van der Waals surface area (Å²) in [7, 11) is 0. The van der Waals surface area contributed by atoms with Gasteiger partial charge in [-0.05, 0) is 18.4 Å². The largest absolute Gasteiger partial charge is 0.309 e. The molecule has 1 fully saturated rings. The highest BCUT2D eigenvalue weighted by atomic mass is 16.6. The lowest BCUT2D eigenvalue weighted by molar-refractivity contribution is -0.384. The van der Waals surface area contributed by atoms with Crippen LogP contribution in [0.5, 0.6) is 0 Å². The number of nitrogens with one attached hydrogen (secondary N) is 1. The minimum atomic E-state index is -0.387. The molecule has 2 unspecified atom stereocenters. The number of nitrogens with zero attached hydrogens (tertiary/aromatic N) is 2. The van der Waals surface area contributed by atoms with Crippen molar-refractivity contribution >= 4 is 5.69 Å². The number of hydrogen-bond acceptors (Lipinski definition) is 4. The van der Waals surface area contributed by atoms with Gasteiger partial charge in [0.25, 0.3) is 5.69 Å². The molecule has 1 aliphatic rings. The Labute approximate surface area is 112 Å². The number of non-ortho nitro benzene ring substituents is 1. The van der Waals surface area contributed by atoms with Crippen LogP contribution in [0.2, 0.25) is 0 Å². The zero-order valence-electron chi connectivity index (χ0n) is 10.7. The normalized spacial score (nSPS) is 22.7. The lowest BCUT2D eigenvalue weighted by atomic mass is 9.85. The number of hydrogen-bond donors (Lipinski definition) is 1. The molecule has 1 aromatic rings. The van der Waals surface area contributed by atoms with Crippen molar-refractivity contribution in [2.75, 3.05) is 0 Å². The second kappa shape index (κ2) is 6.30. The molecule has 1 aliphatic carbocycles. The summed E-state index contributed by atoms with van der Waals surface area (Å²) in [5.41, 5.74) is 0.997. The highest BCUT2D eigenvalue weighted by Gasteiger charge is 2.24. The molecule has 5 nitrogen and oxygen atoms in total. The molecule has 1 aromatic carbocycles. The van der Waals surface area contributed by atoms with Crippen LogP contribution in [0.25, 0.3) is 0 Å². The maximum Gasteiger partial charge on any atom is 0.269 e. The quantitative estimate of drug-likeness (QED) is 0.666. The fraction of sp³-hybridized carbons (Fsp3) is 0.500. The van der Waals surface area contributed by atoms with Crippen LogP contribution in [0.1, 0.15) is 31.2 Å². The summed E-state index contributed by atoms with van der Waals surface area (Å²) >= 11 is 0. The van der Waals surface area contributed by atoms with Crippen LogP contribution in [0.15, 0.2) is 24.3 Å². The van der Waals surface area contributed by atoms with Gasteiger partial charge in [-0.15, -0.1) is 0 Å². The fourth-order valence-electron chi connectivity index (χ4n) is 2.56. The van der Waals surface area contributed by atoms with E-state index in [1.165, 1.54) is 6.07 Å². The molecule has 2 rings (SSSR count). The smallest absolute Gasteiger partial charge is 0.269 e. The molecule has 0 saturated heterocycles. The van der Waals surface area contributed by atoms with E-state index in [1.807, 2.05) is 6.07 Å². The van der Waals surface area contributed by atoms with Crippen molar-refractivity contribution in [3.8, 4) is 6.07 Å². The first-order valence-corrected chi connectivity index (χ1v) is 6.57. The van der Waals surface area contributed by atoms with E-state index in [0.29, 0.717) is 6.54 Å². The van der Waals surface area contributed by atoms with Crippen molar-refractivity contribution in [2.24, 2.45) is 5.92 Å². The third kappa shape index (κ3) is 3.52. The van der Waals surface area contributed by atoms with Crippen LogP contribution in [0.4, 0.5) is 5.69 Å². The van der Waals surface area contributed by atoms with Crippen LogP contribution in [0.3, 0.4) is 0 Å². The van der Waals surface area contributed by atoms with Gasteiger partial charge in [-0.2, -0.15) is 5.26 Å². The molecule has 0 aromatic heterocycles. The third-order valence-corrected chi connectivity index (χ3v) is 3.62. The highest BCUT2D eigenvalue weighted by molar-refractivity contribution is 5.34. The summed E-state index contributed by atoms with van der Waals surface area (Å²) < 4.78 is 0.